The van der Waals surface area contributed by atoms with Gasteiger partial charge in [0.1, 0.15) is 11.8 Å². The predicted molar refractivity (Wildman–Crippen MR) is 71.2 cm³/mol. The van der Waals surface area contributed by atoms with Gasteiger partial charge in [-0.05, 0) is 25.0 Å². The largest absolute Gasteiger partial charge is 0.497 e. The van der Waals surface area contributed by atoms with Gasteiger partial charge in [0.15, 0.2) is 0 Å². The van der Waals surface area contributed by atoms with Gasteiger partial charge < -0.3 is 20.7 Å². The van der Waals surface area contributed by atoms with Crippen molar-refractivity contribution in [3.05, 3.63) is 24.3 Å². The van der Waals surface area contributed by atoms with Crippen LogP contribution in [0.25, 0.3) is 0 Å². The van der Waals surface area contributed by atoms with E-state index < -0.39 is 12.1 Å². The molecular formula is C13H17N3O3. The Morgan fingerprint density at radius 2 is 2.32 bits per heavy atom. The normalized spacial score (nSPS) is 18.4. The van der Waals surface area contributed by atoms with Gasteiger partial charge in [0, 0.05) is 18.3 Å². The van der Waals surface area contributed by atoms with E-state index in [0.717, 1.165) is 6.42 Å². The fourth-order valence-corrected chi connectivity index (χ4v) is 1.94. The van der Waals surface area contributed by atoms with Crippen molar-refractivity contribution in [2.75, 3.05) is 19.0 Å². The zero-order valence-electron chi connectivity index (χ0n) is 10.7. The lowest BCUT2D eigenvalue weighted by molar-refractivity contribution is -0.124. The lowest BCUT2D eigenvalue weighted by Gasteiger charge is -2.22. The number of benzene rings is 1. The Morgan fingerprint density at radius 3 is 3.05 bits per heavy atom. The van der Waals surface area contributed by atoms with Gasteiger partial charge in [0.25, 0.3) is 0 Å². The third kappa shape index (κ3) is 3.61. The molecule has 0 saturated carbocycles. The molecule has 1 unspecified atom stereocenters. The summed E-state index contributed by atoms with van der Waals surface area (Å²) in [7, 11) is 1.56. The molecule has 1 aromatic carbocycles. The number of ether oxygens (including phenoxy) is 1. The lowest BCUT2D eigenvalue weighted by Crippen LogP contribution is -2.51. The van der Waals surface area contributed by atoms with E-state index in [1.54, 1.807) is 31.4 Å². The first-order valence-corrected chi connectivity index (χ1v) is 6.18. The van der Waals surface area contributed by atoms with Crippen molar-refractivity contribution >= 4 is 17.6 Å². The number of hydrogen-bond acceptors (Lipinski definition) is 3. The Hall–Kier alpha value is -2.24. The Balaban J connectivity index is 1.91. The number of piperidine rings is 1. The molecule has 0 spiro atoms. The number of rotatable bonds is 3. The lowest BCUT2D eigenvalue weighted by atomic mass is 10.1. The van der Waals surface area contributed by atoms with Gasteiger partial charge >= 0.3 is 6.03 Å². The molecule has 19 heavy (non-hydrogen) atoms. The van der Waals surface area contributed by atoms with Gasteiger partial charge in [-0.25, -0.2) is 4.79 Å². The molecule has 0 bridgehead atoms. The van der Waals surface area contributed by atoms with E-state index in [1.807, 2.05) is 0 Å². The minimum absolute atomic E-state index is 0.132. The minimum atomic E-state index is -0.459. The molecule has 1 heterocycles. The van der Waals surface area contributed by atoms with Gasteiger partial charge in [0.05, 0.1) is 7.11 Å². The maximum atomic E-state index is 11.8. The molecule has 1 saturated heterocycles. The fourth-order valence-electron chi connectivity index (χ4n) is 1.94. The smallest absolute Gasteiger partial charge is 0.319 e. The maximum absolute atomic E-state index is 11.8. The van der Waals surface area contributed by atoms with E-state index in [0.29, 0.717) is 24.4 Å². The Morgan fingerprint density at radius 1 is 1.47 bits per heavy atom. The van der Waals surface area contributed by atoms with Crippen molar-refractivity contribution < 1.29 is 14.3 Å². The van der Waals surface area contributed by atoms with Crippen LogP contribution in [0.1, 0.15) is 12.8 Å². The molecule has 3 amide bonds. The quantitative estimate of drug-likeness (QED) is 0.764. The van der Waals surface area contributed by atoms with Crippen LogP contribution < -0.4 is 20.7 Å². The van der Waals surface area contributed by atoms with Crippen molar-refractivity contribution in [3.8, 4) is 5.75 Å². The standard InChI is InChI=1S/C13H17N3O3/c1-19-10-5-2-4-9(8-10)15-13(18)16-11-6-3-7-14-12(11)17/h2,4-5,8,11H,3,6-7H2,1H3,(H,14,17)(H2,15,16,18). The zero-order chi connectivity index (χ0) is 13.7. The highest BCUT2D eigenvalue weighted by atomic mass is 16.5. The number of methoxy groups -OCH3 is 1. The van der Waals surface area contributed by atoms with Crippen LogP contribution >= 0.6 is 0 Å². The summed E-state index contributed by atoms with van der Waals surface area (Å²) in [5, 5.41) is 8.04. The van der Waals surface area contributed by atoms with Crippen molar-refractivity contribution in [1.29, 1.82) is 0 Å². The molecule has 1 atom stereocenters. The molecule has 1 aliphatic rings. The van der Waals surface area contributed by atoms with Gasteiger partial charge in [-0.3, -0.25) is 4.79 Å². The van der Waals surface area contributed by atoms with Crippen LogP contribution in [-0.4, -0.2) is 31.6 Å². The summed E-state index contributed by atoms with van der Waals surface area (Å²) in [4.78, 5) is 23.3. The monoisotopic (exact) mass is 263 g/mol. The van der Waals surface area contributed by atoms with Crippen molar-refractivity contribution in [3.63, 3.8) is 0 Å². The van der Waals surface area contributed by atoms with Crippen LogP contribution in [-0.2, 0) is 4.79 Å². The first-order valence-electron chi connectivity index (χ1n) is 6.18. The van der Waals surface area contributed by atoms with E-state index in [1.165, 1.54) is 0 Å². The van der Waals surface area contributed by atoms with Crippen LogP contribution in [0, 0.1) is 0 Å². The van der Waals surface area contributed by atoms with Crippen molar-refractivity contribution in [2.45, 2.75) is 18.9 Å². The number of carbonyl (C=O) groups excluding carboxylic acids is 2. The number of hydrogen-bond donors (Lipinski definition) is 3. The molecule has 1 aliphatic heterocycles. The number of anilines is 1. The van der Waals surface area contributed by atoms with Gasteiger partial charge in [-0.1, -0.05) is 6.07 Å². The number of urea groups is 1. The molecule has 3 N–H and O–H groups in total. The third-order valence-electron chi connectivity index (χ3n) is 2.92. The molecule has 102 valence electrons. The highest BCUT2D eigenvalue weighted by Crippen LogP contribution is 2.16. The molecule has 1 fully saturated rings. The Labute approximate surface area is 111 Å². The summed E-state index contributed by atoms with van der Waals surface area (Å²) in [6.07, 6.45) is 1.53. The highest BCUT2D eigenvalue weighted by Gasteiger charge is 2.23. The predicted octanol–water partition coefficient (Wildman–Crippen LogP) is 1.10. The van der Waals surface area contributed by atoms with Gasteiger partial charge in [-0.2, -0.15) is 0 Å². The first-order chi connectivity index (χ1) is 9.19. The molecule has 0 aromatic heterocycles. The van der Waals surface area contributed by atoms with E-state index >= 15 is 0 Å². The molecule has 2 rings (SSSR count). The summed E-state index contributed by atoms with van der Waals surface area (Å²) in [5.41, 5.74) is 0.619. The van der Waals surface area contributed by atoms with Crippen LogP contribution in [0.4, 0.5) is 10.5 Å². The summed E-state index contributed by atoms with van der Waals surface area (Å²) >= 11 is 0. The molecule has 0 radical (unpaired) electrons. The highest BCUT2D eigenvalue weighted by molar-refractivity contribution is 5.94. The second-order valence-corrected chi connectivity index (χ2v) is 4.32. The number of carbonyl (C=O) groups is 2. The maximum Gasteiger partial charge on any atom is 0.319 e. The molecule has 6 nitrogen and oxygen atoms in total. The zero-order valence-corrected chi connectivity index (χ0v) is 10.7. The average Bonchev–Trinajstić information content (AvgIpc) is 2.41. The van der Waals surface area contributed by atoms with E-state index in [-0.39, 0.29) is 5.91 Å². The fraction of sp³-hybridized carbons (Fsp3) is 0.385. The minimum Gasteiger partial charge on any atom is -0.497 e. The van der Waals surface area contributed by atoms with Crippen LogP contribution in [0.2, 0.25) is 0 Å². The van der Waals surface area contributed by atoms with E-state index in [4.69, 9.17) is 4.74 Å². The second-order valence-electron chi connectivity index (χ2n) is 4.32. The van der Waals surface area contributed by atoms with Crippen LogP contribution in [0.15, 0.2) is 24.3 Å². The van der Waals surface area contributed by atoms with Crippen molar-refractivity contribution in [1.82, 2.24) is 10.6 Å². The molecule has 1 aromatic rings. The topological polar surface area (TPSA) is 79.5 Å². The molecule has 0 aliphatic carbocycles. The van der Waals surface area contributed by atoms with E-state index in [9.17, 15) is 9.59 Å². The Kier molecular flexibility index (Phi) is 4.22. The molecule has 6 heteroatoms. The summed E-state index contributed by atoms with van der Waals surface area (Å²) < 4.78 is 5.07. The van der Waals surface area contributed by atoms with Gasteiger partial charge in [0.2, 0.25) is 5.91 Å². The third-order valence-corrected chi connectivity index (χ3v) is 2.92. The average molecular weight is 263 g/mol. The van der Waals surface area contributed by atoms with E-state index in [2.05, 4.69) is 16.0 Å². The molecular weight excluding hydrogens is 246 g/mol. The Bertz CT molecular complexity index is 476. The summed E-state index contributed by atoms with van der Waals surface area (Å²) in [6, 6.07) is 6.18. The van der Waals surface area contributed by atoms with Crippen LogP contribution in [0.3, 0.4) is 0 Å². The first kappa shape index (κ1) is 13.2. The van der Waals surface area contributed by atoms with Crippen molar-refractivity contribution in [2.24, 2.45) is 0 Å². The SMILES string of the molecule is COc1cccc(NC(=O)NC2CCCNC2=O)c1. The van der Waals surface area contributed by atoms with Crippen LogP contribution in [0.5, 0.6) is 5.75 Å². The second kappa shape index (κ2) is 6.08. The number of amides is 3. The van der Waals surface area contributed by atoms with Gasteiger partial charge in [-0.15, -0.1) is 0 Å². The number of nitrogens with one attached hydrogen (secondary N) is 3. The summed E-state index contributed by atoms with van der Waals surface area (Å²) in [6.45, 7) is 0.675. The summed E-state index contributed by atoms with van der Waals surface area (Å²) in [5.74, 6) is 0.528.